The molecule has 4 amide bonds. The van der Waals surface area contributed by atoms with Crippen molar-refractivity contribution in [3.8, 4) is 0 Å². The summed E-state index contributed by atoms with van der Waals surface area (Å²) in [7, 11) is 4.87. The highest BCUT2D eigenvalue weighted by Crippen LogP contribution is 2.04. The molecule has 1 aliphatic heterocycles. The van der Waals surface area contributed by atoms with Gasteiger partial charge in [-0.25, -0.2) is 0 Å². The van der Waals surface area contributed by atoms with E-state index < -0.39 is 35.4 Å². The lowest BCUT2D eigenvalue weighted by Crippen LogP contribution is -2.46. The van der Waals surface area contributed by atoms with Crippen LogP contribution in [0.15, 0.2) is 12.2 Å². The van der Waals surface area contributed by atoms with Crippen molar-refractivity contribution in [2.75, 3.05) is 13.1 Å². The molecule has 0 saturated heterocycles. The first-order valence-electron chi connectivity index (χ1n) is 6.20. The van der Waals surface area contributed by atoms with Crippen molar-refractivity contribution in [2.45, 2.75) is 19.4 Å². The van der Waals surface area contributed by atoms with Crippen molar-refractivity contribution in [1.82, 2.24) is 15.5 Å². The van der Waals surface area contributed by atoms with Crippen LogP contribution in [0.4, 0.5) is 0 Å². The van der Waals surface area contributed by atoms with E-state index in [9.17, 15) is 24.0 Å². The first-order valence-corrected chi connectivity index (χ1v) is 6.20. The number of nitrogens with zero attached hydrogens (tertiary/aromatic N) is 1. The van der Waals surface area contributed by atoms with Gasteiger partial charge in [-0.05, 0) is 6.92 Å². The van der Waals surface area contributed by atoms with Gasteiger partial charge in [0.25, 0.3) is 11.8 Å². The highest BCUT2D eigenvalue weighted by molar-refractivity contribution is 6.58. The third-order valence-electron chi connectivity index (χ3n) is 2.67. The van der Waals surface area contributed by atoms with E-state index in [1.807, 2.05) is 0 Å². The second kappa shape index (κ2) is 7.37. The van der Waals surface area contributed by atoms with Crippen LogP contribution >= 0.6 is 0 Å². The molecule has 0 spiro atoms. The fourth-order valence-corrected chi connectivity index (χ4v) is 1.57. The molecule has 0 saturated carbocycles. The molecule has 110 valence electrons. The molecule has 1 aliphatic rings. The molecule has 21 heavy (non-hydrogen) atoms. The van der Waals surface area contributed by atoms with Crippen LogP contribution in [0.1, 0.15) is 13.3 Å². The molecule has 0 aliphatic carbocycles. The zero-order chi connectivity index (χ0) is 16.0. The Bertz CT molecular complexity index is 499. The van der Waals surface area contributed by atoms with Crippen LogP contribution in [0.5, 0.6) is 0 Å². The lowest BCUT2D eigenvalue weighted by molar-refractivity contribution is -0.137. The predicted molar refractivity (Wildman–Crippen MR) is 71.9 cm³/mol. The van der Waals surface area contributed by atoms with Crippen molar-refractivity contribution in [1.29, 1.82) is 0 Å². The second-order valence-corrected chi connectivity index (χ2v) is 4.38. The summed E-state index contributed by atoms with van der Waals surface area (Å²) in [5.41, 5.74) is -0.694. The number of amides is 4. The molecule has 2 N–H and O–H groups in total. The molecule has 1 atom stereocenters. The molecule has 2 radical (unpaired) electrons. The van der Waals surface area contributed by atoms with Crippen LogP contribution in [-0.2, 0) is 24.0 Å². The summed E-state index contributed by atoms with van der Waals surface area (Å²) in [6.45, 7) is 1.05. The van der Waals surface area contributed by atoms with Crippen LogP contribution in [0.3, 0.4) is 0 Å². The lowest BCUT2D eigenvalue weighted by atomic mass is 10.0. The van der Waals surface area contributed by atoms with E-state index in [0.717, 1.165) is 17.1 Å². The standard InChI is InChI=1S/C12H14BN3O5/c1-7(12(21)14-6-8(13)17)15-9(18)4-5-16-10(19)2-3-11(16)20/h2-3,7H,4-6H2,1H3,(H,14,21)(H,15,18). The molecule has 0 aromatic rings. The minimum Gasteiger partial charge on any atom is -0.348 e. The summed E-state index contributed by atoms with van der Waals surface area (Å²) < 4.78 is 0. The summed E-state index contributed by atoms with van der Waals surface area (Å²) in [4.78, 5) is 57.0. The van der Waals surface area contributed by atoms with Crippen LogP contribution in [0.2, 0.25) is 0 Å². The molecule has 1 unspecified atom stereocenters. The van der Waals surface area contributed by atoms with Gasteiger partial charge in [0, 0.05) is 25.1 Å². The maximum absolute atomic E-state index is 11.6. The Hall–Kier alpha value is -2.45. The number of rotatable bonds is 7. The number of imide groups is 1. The number of carbonyl (C=O) groups is 5. The van der Waals surface area contributed by atoms with Gasteiger partial charge in [0.05, 0.1) is 12.2 Å². The maximum atomic E-state index is 11.6. The van der Waals surface area contributed by atoms with E-state index in [-0.39, 0.29) is 19.5 Å². The Morgan fingerprint density at radius 1 is 1.24 bits per heavy atom. The van der Waals surface area contributed by atoms with Gasteiger partial charge in [0.2, 0.25) is 11.8 Å². The van der Waals surface area contributed by atoms with E-state index in [2.05, 4.69) is 10.6 Å². The van der Waals surface area contributed by atoms with Crippen molar-refractivity contribution in [2.24, 2.45) is 0 Å². The number of hydrogen-bond donors (Lipinski definition) is 2. The number of carbonyl (C=O) groups excluding carboxylic acids is 5. The van der Waals surface area contributed by atoms with Gasteiger partial charge in [-0.3, -0.25) is 24.1 Å². The molecular weight excluding hydrogens is 277 g/mol. The minimum absolute atomic E-state index is 0.0634. The highest BCUT2D eigenvalue weighted by atomic mass is 16.2. The fourth-order valence-electron chi connectivity index (χ4n) is 1.57. The number of hydrogen-bond acceptors (Lipinski definition) is 5. The minimum atomic E-state index is -0.861. The average molecular weight is 291 g/mol. The Kier molecular flexibility index (Phi) is 5.83. The first-order chi connectivity index (χ1) is 9.81. The molecule has 0 aromatic carbocycles. The topological polar surface area (TPSA) is 113 Å². The Balaban J connectivity index is 2.33. The molecular formula is C12H14BN3O5. The summed E-state index contributed by atoms with van der Waals surface area (Å²) >= 11 is 0. The molecule has 0 aromatic heterocycles. The fraction of sp³-hybridized carbons (Fsp3) is 0.417. The van der Waals surface area contributed by atoms with Gasteiger partial charge in [0.1, 0.15) is 6.04 Å². The third-order valence-corrected chi connectivity index (χ3v) is 2.67. The van der Waals surface area contributed by atoms with Crippen LogP contribution in [-0.4, -0.2) is 61.2 Å². The first kappa shape index (κ1) is 16.6. The molecule has 1 rings (SSSR count). The van der Waals surface area contributed by atoms with Gasteiger partial charge >= 0.3 is 0 Å². The van der Waals surface area contributed by atoms with E-state index >= 15 is 0 Å². The SMILES string of the molecule is [B]C(=O)CNC(=O)C(C)NC(=O)CCN1C(=O)C=CC1=O. The lowest BCUT2D eigenvalue weighted by Gasteiger charge is -2.16. The molecule has 0 fully saturated rings. The van der Waals surface area contributed by atoms with E-state index in [4.69, 9.17) is 7.85 Å². The summed E-state index contributed by atoms with van der Waals surface area (Å²) in [6, 6.07) is -0.861. The monoisotopic (exact) mass is 291 g/mol. The largest absolute Gasteiger partial charge is 0.348 e. The van der Waals surface area contributed by atoms with Crippen molar-refractivity contribution in [3.05, 3.63) is 12.2 Å². The summed E-state index contributed by atoms with van der Waals surface area (Å²) in [5, 5.41) is 4.63. The smallest absolute Gasteiger partial charge is 0.253 e. The summed E-state index contributed by atoms with van der Waals surface area (Å²) in [5.74, 6) is -2.00. The Labute approximate surface area is 122 Å². The van der Waals surface area contributed by atoms with Gasteiger partial charge in [-0.15, -0.1) is 0 Å². The quantitative estimate of drug-likeness (QED) is 0.402. The molecule has 9 heteroatoms. The van der Waals surface area contributed by atoms with Gasteiger partial charge in [-0.1, -0.05) is 0 Å². The number of nitrogens with one attached hydrogen (secondary N) is 2. The summed E-state index contributed by atoms with van der Waals surface area (Å²) in [6.07, 6.45) is 2.13. The Morgan fingerprint density at radius 2 is 1.81 bits per heavy atom. The molecule has 1 heterocycles. The van der Waals surface area contributed by atoms with Crippen molar-refractivity contribution < 1.29 is 24.0 Å². The van der Waals surface area contributed by atoms with E-state index in [0.29, 0.717) is 0 Å². The van der Waals surface area contributed by atoms with E-state index in [1.54, 1.807) is 0 Å². The van der Waals surface area contributed by atoms with Gasteiger partial charge in [0.15, 0.2) is 7.85 Å². The molecule has 8 nitrogen and oxygen atoms in total. The van der Waals surface area contributed by atoms with Crippen LogP contribution in [0, 0.1) is 0 Å². The normalized spacial score (nSPS) is 15.0. The van der Waals surface area contributed by atoms with Crippen LogP contribution < -0.4 is 10.6 Å². The highest BCUT2D eigenvalue weighted by Gasteiger charge is 2.24. The van der Waals surface area contributed by atoms with E-state index in [1.165, 1.54) is 6.92 Å². The van der Waals surface area contributed by atoms with Crippen molar-refractivity contribution in [3.63, 3.8) is 0 Å². The average Bonchev–Trinajstić information content (AvgIpc) is 2.72. The molecule has 0 bridgehead atoms. The zero-order valence-corrected chi connectivity index (χ0v) is 11.4. The Morgan fingerprint density at radius 3 is 2.33 bits per heavy atom. The van der Waals surface area contributed by atoms with Gasteiger partial charge in [-0.2, -0.15) is 0 Å². The van der Waals surface area contributed by atoms with Crippen LogP contribution in [0.25, 0.3) is 0 Å². The maximum Gasteiger partial charge on any atom is 0.253 e. The predicted octanol–water partition coefficient (Wildman–Crippen LogP) is -2.38. The third kappa shape index (κ3) is 5.21. The second-order valence-electron chi connectivity index (χ2n) is 4.38. The zero-order valence-electron chi connectivity index (χ0n) is 11.4. The van der Waals surface area contributed by atoms with Gasteiger partial charge < -0.3 is 15.4 Å². The van der Waals surface area contributed by atoms with Crippen molar-refractivity contribution >= 4 is 37.2 Å².